The van der Waals surface area contributed by atoms with Crippen LogP contribution in [0.2, 0.25) is 0 Å². The smallest absolute Gasteiger partial charge is 0.185 e. The monoisotopic (exact) mass is 226 g/mol. The van der Waals surface area contributed by atoms with Gasteiger partial charge in [0.1, 0.15) is 0 Å². The molecule has 1 aromatic rings. The third-order valence-electron chi connectivity index (χ3n) is 3.13. The lowest BCUT2D eigenvalue weighted by Gasteiger charge is -2.35. The molecule has 15 heavy (non-hydrogen) atoms. The number of aryl methyl sites for hydroxylation is 2. The summed E-state index contributed by atoms with van der Waals surface area (Å²) in [6.07, 6.45) is 1.68. The van der Waals surface area contributed by atoms with Gasteiger partial charge < -0.3 is 10.0 Å². The van der Waals surface area contributed by atoms with Crippen LogP contribution in [0.3, 0.4) is 0 Å². The predicted octanol–water partition coefficient (Wildman–Crippen LogP) is 2.11. The molecule has 0 unspecified atom stereocenters. The molecule has 1 N–H and O–H groups in total. The Labute approximate surface area is 94.8 Å². The minimum absolute atomic E-state index is 0.474. The number of anilines is 1. The normalized spacial score (nSPS) is 20.7. The maximum absolute atomic E-state index is 9.86. The van der Waals surface area contributed by atoms with Gasteiger partial charge in [0.25, 0.3) is 0 Å². The number of hydrogen-bond acceptors (Lipinski definition) is 4. The molecule has 1 aliphatic heterocycles. The van der Waals surface area contributed by atoms with Crippen LogP contribution in [-0.2, 0) is 0 Å². The lowest BCUT2D eigenvalue weighted by molar-refractivity contribution is 0.0351. The number of thiazole rings is 1. The summed E-state index contributed by atoms with van der Waals surface area (Å²) in [5, 5.41) is 11.0. The molecule has 1 fully saturated rings. The first-order valence-electron chi connectivity index (χ1n) is 5.39. The average molecular weight is 226 g/mol. The lowest BCUT2D eigenvalue weighted by atomic mass is 9.94. The van der Waals surface area contributed by atoms with Crippen molar-refractivity contribution in [2.75, 3.05) is 18.0 Å². The van der Waals surface area contributed by atoms with Crippen LogP contribution in [0, 0.1) is 13.8 Å². The summed E-state index contributed by atoms with van der Waals surface area (Å²) in [5.41, 5.74) is 0.657. The van der Waals surface area contributed by atoms with E-state index < -0.39 is 5.60 Å². The Morgan fingerprint density at radius 3 is 2.40 bits per heavy atom. The van der Waals surface area contributed by atoms with E-state index in [0.29, 0.717) is 0 Å². The summed E-state index contributed by atoms with van der Waals surface area (Å²) in [5.74, 6) is 0. The zero-order valence-corrected chi connectivity index (χ0v) is 10.4. The molecule has 0 spiro atoms. The van der Waals surface area contributed by atoms with E-state index in [2.05, 4.69) is 23.7 Å². The molecule has 0 bridgehead atoms. The van der Waals surface area contributed by atoms with Crippen molar-refractivity contribution in [2.45, 2.75) is 39.2 Å². The van der Waals surface area contributed by atoms with E-state index in [1.54, 1.807) is 11.3 Å². The van der Waals surface area contributed by atoms with Gasteiger partial charge in [-0.05, 0) is 33.6 Å². The van der Waals surface area contributed by atoms with Crippen molar-refractivity contribution in [1.82, 2.24) is 4.98 Å². The molecular weight excluding hydrogens is 208 g/mol. The van der Waals surface area contributed by atoms with Gasteiger partial charge >= 0.3 is 0 Å². The molecule has 84 valence electrons. The molecular formula is C11H18N2OS. The number of aliphatic hydroxyl groups is 1. The van der Waals surface area contributed by atoms with Crippen molar-refractivity contribution in [1.29, 1.82) is 0 Å². The first-order chi connectivity index (χ1) is 6.98. The van der Waals surface area contributed by atoms with Crippen molar-refractivity contribution < 1.29 is 5.11 Å². The second kappa shape index (κ2) is 3.76. The molecule has 0 amide bonds. The molecule has 2 rings (SSSR count). The number of nitrogens with zero attached hydrogens (tertiary/aromatic N) is 2. The van der Waals surface area contributed by atoms with E-state index in [-0.39, 0.29) is 0 Å². The first-order valence-corrected chi connectivity index (χ1v) is 6.21. The van der Waals surface area contributed by atoms with Crippen LogP contribution in [0.25, 0.3) is 0 Å². The van der Waals surface area contributed by atoms with E-state index in [4.69, 9.17) is 0 Å². The van der Waals surface area contributed by atoms with Gasteiger partial charge in [-0.3, -0.25) is 0 Å². The summed E-state index contributed by atoms with van der Waals surface area (Å²) < 4.78 is 0. The third-order valence-corrected chi connectivity index (χ3v) is 4.26. The summed E-state index contributed by atoms with van der Waals surface area (Å²) in [7, 11) is 0. The van der Waals surface area contributed by atoms with E-state index in [1.807, 2.05) is 6.92 Å². The van der Waals surface area contributed by atoms with Crippen LogP contribution in [0.5, 0.6) is 0 Å². The van der Waals surface area contributed by atoms with E-state index in [0.717, 1.165) is 36.8 Å². The largest absolute Gasteiger partial charge is 0.390 e. The lowest BCUT2D eigenvalue weighted by Crippen LogP contribution is -2.42. The summed E-state index contributed by atoms with van der Waals surface area (Å²) in [4.78, 5) is 8.12. The van der Waals surface area contributed by atoms with Crippen molar-refractivity contribution in [2.24, 2.45) is 0 Å². The van der Waals surface area contributed by atoms with Crippen molar-refractivity contribution in [3.8, 4) is 0 Å². The maximum Gasteiger partial charge on any atom is 0.185 e. The molecule has 0 saturated carbocycles. The Bertz CT molecular complexity index is 330. The minimum Gasteiger partial charge on any atom is -0.390 e. The molecule has 0 radical (unpaired) electrons. The zero-order valence-electron chi connectivity index (χ0n) is 9.58. The highest BCUT2D eigenvalue weighted by Crippen LogP contribution is 2.30. The Kier molecular flexibility index (Phi) is 2.73. The van der Waals surface area contributed by atoms with Gasteiger partial charge in [-0.2, -0.15) is 0 Å². The molecule has 1 aliphatic rings. The topological polar surface area (TPSA) is 36.4 Å². The number of hydrogen-bond donors (Lipinski definition) is 1. The highest BCUT2D eigenvalue weighted by molar-refractivity contribution is 7.15. The molecule has 0 aliphatic carbocycles. The summed E-state index contributed by atoms with van der Waals surface area (Å²) in [6.45, 7) is 7.91. The third kappa shape index (κ3) is 2.32. The van der Waals surface area contributed by atoms with Crippen LogP contribution in [0.15, 0.2) is 0 Å². The van der Waals surface area contributed by atoms with Crippen molar-refractivity contribution >= 4 is 16.5 Å². The quantitative estimate of drug-likeness (QED) is 0.797. The first kappa shape index (κ1) is 10.9. The average Bonchev–Trinajstić information content (AvgIpc) is 2.47. The molecule has 2 heterocycles. The van der Waals surface area contributed by atoms with Gasteiger partial charge in [0.15, 0.2) is 5.13 Å². The molecule has 0 aromatic carbocycles. The summed E-state index contributed by atoms with van der Waals surface area (Å²) >= 11 is 1.75. The number of rotatable bonds is 1. The second-order valence-corrected chi connectivity index (χ2v) is 5.80. The van der Waals surface area contributed by atoms with E-state index in [9.17, 15) is 5.11 Å². The SMILES string of the molecule is Cc1nc(N2CCC(C)(O)CC2)sc1C. The Balaban J connectivity index is 2.07. The number of aromatic nitrogens is 1. The van der Waals surface area contributed by atoms with E-state index in [1.165, 1.54) is 4.88 Å². The minimum atomic E-state index is -0.474. The fraction of sp³-hybridized carbons (Fsp3) is 0.727. The highest BCUT2D eigenvalue weighted by atomic mass is 32.1. The standard InChI is InChI=1S/C11H18N2OS/c1-8-9(2)15-10(12-8)13-6-4-11(3,14)5-7-13/h14H,4-7H2,1-3H3. The van der Waals surface area contributed by atoms with Crippen LogP contribution in [-0.4, -0.2) is 28.8 Å². The van der Waals surface area contributed by atoms with E-state index >= 15 is 0 Å². The van der Waals surface area contributed by atoms with Crippen LogP contribution in [0.4, 0.5) is 5.13 Å². The Morgan fingerprint density at radius 2 is 1.93 bits per heavy atom. The fourth-order valence-corrected chi connectivity index (χ4v) is 2.73. The summed E-state index contributed by atoms with van der Waals surface area (Å²) in [6, 6.07) is 0. The second-order valence-electron chi connectivity index (χ2n) is 4.62. The molecule has 1 aromatic heterocycles. The van der Waals surface area contributed by atoms with Crippen molar-refractivity contribution in [3.05, 3.63) is 10.6 Å². The number of piperidine rings is 1. The van der Waals surface area contributed by atoms with Gasteiger partial charge in [0, 0.05) is 18.0 Å². The highest BCUT2D eigenvalue weighted by Gasteiger charge is 2.28. The predicted molar refractivity (Wildman–Crippen MR) is 63.7 cm³/mol. The van der Waals surface area contributed by atoms with Gasteiger partial charge in [0.05, 0.1) is 11.3 Å². The van der Waals surface area contributed by atoms with Crippen molar-refractivity contribution in [3.63, 3.8) is 0 Å². The molecule has 4 heteroatoms. The van der Waals surface area contributed by atoms with Gasteiger partial charge in [-0.1, -0.05) is 0 Å². The van der Waals surface area contributed by atoms with Gasteiger partial charge in [-0.15, -0.1) is 11.3 Å². The zero-order chi connectivity index (χ0) is 11.1. The van der Waals surface area contributed by atoms with Crippen LogP contribution < -0.4 is 4.90 Å². The Morgan fingerprint density at radius 1 is 1.33 bits per heavy atom. The van der Waals surface area contributed by atoms with Crippen LogP contribution in [0.1, 0.15) is 30.3 Å². The molecule has 0 atom stereocenters. The Hall–Kier alpha value is -0.610. The molecule has 3 nitrogen and oxygen atoms in total. The van der Waals surface area contributed by atoms with Crippen LogP contribution >= 0.6 is 11.3 Å². The maximum atomic E-state index is 9.86. The van der Waals surface area contributed by atoms with Gasteiger partial charge in [-0.25, -0.2) is 4.98 Å². The fourth-order valence-electron chi connectivity index (χ4n) is 1.77. The van der Waals surface area contributed by atoms with Gasteiger partial charge in [0.2, 0.25) is 0 Å². The molecule has 1 saturated heterocycles.